The van der Waals surface area contributed by atoms with Gasteiger partial charge in [0.1, 0.15) is 23.9 Å². The number of aromatic nitrogens is 2. The molecule has 1 saturated carbocycles. The van der Waals surface area contributed by atoms with Crippen LogP contribution in [0.2, 0.25) is 0 Å². The van der Waals surface area contributed by atoms with E-state index in [0.717, 1.165) is 18.5 Å². The number of aliphatic hydroxyl groups excluding tert-OH is 2. The number of fused-ring (bicyclic) bond motifs is 3. The molecule has 5 rings (SSSR count). The second-order valence-corrected chi connectivity index (χ2v) is 14.3. The van der Waals surface area contributed by atoms with Crippen LogP contribution in [0.1, 0.15) is 66.0 Å². The third-order valence-corrected chi connectivity index (χ3v) is 10.6. The van der Waals surface area contributed by atoms with Crippen molar-refractivity contribution in [1.82, 2.24) is 9.55 Å². The van der Waals surface area contributed by atoms with Crippen LogP contribution in [0.25, 0.3) is 0 Å². The largest absolute Gasteiger partial charge is 0.459 e. The van der Waals surface area contributed by atoms with Gasteiger partial charge in [0.25, 0.3) is 0 Å². The second kappa shape index (κ2) is 14.5. The average molecular weight is 661 g/mol. The predicted molar refractivity (Wildman–Crippen MR) is 169 cm³/mol. The highest BCUT2D eigenvalue weighted by Crippen LogP contribution is 2.51. The van der Waals surface area contributed by atoms with Crippen LogP contribution in [0.4, 0.5) is 0 Å². The van der Waals surface area contributed by atoms with Crippen LogP contribution in [0.5, 0.6) is 0 Å². The summed E-state index contributed by atoms with van der Waals surface area (Å²) in [5.41, 5.74) is 0.523. The van der Waals surface area contributed by atoms with Gasteiger partial charge in [-0.25, -0.2) is 4.98 Å². The molecule has 0 amide bonds. The van der Waals surface area contributed by atoms with Crippen LogP contribution in [-0.2, 0) is 51.5 Å². The van der Waals surface area contributed by atoms with Gasteiger partial charge in [0, 0.05) is 39.3 Å². The minimum absolute atomic E-state index is 0.0313. The molecule has 1 aromatic heterocycles. The summed E-state index contributed by atoms with van der Waals surface area (Å²) >= 11 is 0. The van der Waals surface area contributed by atoms with Crippen molar-refractivity contribution >= 4 is 11.9 Å². The first-order valence-corrected chi connectivity index (χ1v) is 16.8. The van der Waals surface area contributed by atoms with Crippen molar-refractivity contribution in [1.29, 1.82) is 0 Å². The lowest BCUT2D eigenvalue weighted by Gasteiger charge is -2.45. The van der Waals surface area contributed by atoms with Crippen LogP contribution < -0.4 is 0 Å². The zero-order chi connectivity index (χ0) is 34.1. The molecule has 0 aromatic carbocycles. The van der Waals surface area contributed by atoms with Gasteiger partial charge in [-0.05, 0) is 61.5 Å². The Morgan fingerprint density at radius 3 is 2.62 bits per heavy atom. The lowest BCUT2D eigenvalue weighted by molar-refractivity contribution is -0.277. The van der Waals surface area contributed by atoms with E-state index in [2.05, 4.69) is 31.8 Å². The molecular formula is C35H52N2O10. The minimum Gasteiger partial charge on any atom is -0.459 e. The summed E-state index contributed by atoms with van der Waals surface area (Å²) in [5.74, 6) is -0.897. The molecule has 2 fully saturated rings. The number of hydrogen-bond donors (Lipinski definition) is 2. The smallest absolute Gasteiger partial charge is 0.306 e. The van der Waals surface area contributed by atoms with E-state index in [1.807, 2.05) is 36.9 Å². The minimum atomic E-state index is -1.38. The molecule has 12 nitrogen and oxygen atoms in total. The molecule has 12 heteroatoms. The zero-order valence-electron chi connectivity index (χ0n) is 28.7. The third kappa shape index (κ3) is 7.68. The van der Waals surface area contributed by atoms with E-state index in [9.17, 15) is 19.8 Å². The third-order valence-electron chi connectivity index (χ3n) is 10.6. The highest BCUT2D eigenvalue weighted by molar-refractivity contribution is 5.70. The number of imidazole rings is 1. The molecular weight excluding hydrogens is 608 g/mol. The number of methoxy groups -OCH3 is 1. The van der Waals surface area contributed by atoms with Crippen LogP contribution in [-0.4, -0.2) is 94.1 Å². The lowest BCUT2D eigenvalue weighted by atomic mass is 9.61. The maximum atomic E-state index is 13.4. The van der Waals surface area contributed by atoms with Gasteiger partial charge in [-0.3, -0.25) is 9.59 Å². The van der Waals surface area contributed by atoms with Gasteiger partial charge >= 0.3 is 11.9 Å². The summed E-state index contributed by atoms with van der Waals surface area (Å²) in [6, 6.07) is 0. The standard InChI is InChI=1S/C35H52N2O10/c1-20(2)25-10-8-21(3)26-15-29(46-30(40)11-9-24-16-37(6)19-36-24)34(5)12-13-35(42-7,47-34)23(14-27(25)26)17-43-33-32(45-22(4)38)31(41)28(39)18-44-33/h12-14,16,19-21,25-29,31-33,39,41H,8-11,15,17-18H2,1-7H3/b23-14-/t21-,25+,26-,27+,28+,29-,31+,32-,33+,34-,35+/m0/s1. The van der Waals surface area contributed by atoms with Crippen LogP contribution in [0.3, 0.4) is 0 Å². The molecule has 0 spiro atoms. The molecule has 262 valence electrons. The molecule has 3 aliphatic heterocycles. The Balaban J connectivity index is 1.46. The van der Waals surface area contributed by atoms with Crippen molar-refractivity contribution in [3.05, 3.63) is 42.0 Å². The van der Waals surface area contributed by atoms with Crippen LogP contribution in [0.15, 0.2) is 36.3 Å². The van der Waals surface area contributed by atoms with E-state index in [4.69, 9.17) is 28.4 Å². The number of ether oxygens (including phenoxy) is 6. The van der Waals surface area contributed by atoms with Gasteiger partial charge in [-0.1, -0.05) is 33.3 Å². The first kappa shape index (κ1) is 35.7. The van der Waals surface area contributed by atoms with Crippen molar-refractivity contribution < 1.29 is 48.2 Å². The molecule has 0 unspecified atom stereocenters. The number of aryl methyl sites for hydroxylation is 2. The zero-order valence-corrected chi connectivity index (χ0v) is 28.7. The second-order valence-electron chi connectivity index (χ2n) is 14.3. The molecule has 1 saturated heterocycles. The first-order chi connectivity index (χ1) is 22.2. The number of aliphatic hydroxyl groups is 2. The molecule has 2 bridgehead atoms. The summed E-state index contributed by atoms with van der Waals surface area (Å²) in [4.78, 5) is 29.6. The molecule has 11 atom stereocenters. The van der Waals surface area contributed by atoms with Crippen molar-refractivity contribution in [3.63, 3.8) is 0 Å². The van der Waals surface area contributed by atoms with Gasteiger partial charge in [0.05, 0.1) is 31.7 Å². The quantitative estimate of drug-likeness (QED) is 0.282. The normalized spacial score (nSPS) is 39.7. The Morgan fingerprint density at radius 1 is 1.19 bits per heavy atom. The van der Waals surface area contributed by atoms with Gasteiger partial charge in [0.2, 0.25) is 5.79 Å². The number of nitrogens with zero attached hydrogens (tertiary/aromatic N) is 2. The maximum absolute atomic E-state index is 13.4. The summed E-state index contributed by atoms with van der Waals surface area (Å²) in [5, 5.41) is 20.8. The summed E-state index contributed by atoms with van der Waals surface area (Å²) in [6.45, 7) is 9.69. The Bertz CT molecular complexity index is 1330. The fourth-order valence-electron chi connectivity index (χ4n) is 7.82. The SMILES string of the molecule is CO[C@]12C=C[C@](C)(O1)[C@@H](OC(=O)CCc1cn(C)cn1)C[C@@H]1[C@H](/C=C\2CO[C@@H]2OC[C@@H](O)[C@@H](O)[C@@H]2OC(C)=O)[C@@H](C(C)C)CC[C@@H]1C. The van der Waals surface area contributed by atoms with Crippen molar-refractivity contribution in [2.75, 3.05) is 20.3 Å². The molecule has 4 aliphatic rings. The predicted octanol–water partition coefficient (Wildman–Crippen LogP) is 3.24. The topological polar surface area (TPSA) is 148 Å². The van der Waals surface area contributed by atoms with Gasteiger partial charge in [0.15, 0.2) is 12.4 Å². The molecule has 1 aromatic rings. The van der Waals surface area contributed by atoms with Crippen LogP contribution in [0, 0.1) is 29.6 Å². The lowest BCUT2D eigenvalue weighted by Crippen LogP contribution is -2.55. The monoisotopic (exact) mass is 660 g/mol. The Morgan fingerprint density at radius 2 is 1.96 bits per heavy atom. The summed E-state index contributed by atoms with van der Waals surface area (Å²) in [7, 11) is 3.46. The first-order valence-electron chi connectivity index (χ1n) is 16.8. The van der Waals surface area contributed by atoms with Gasteiger partial charge in [-0.15, -0.1) is 0 Å². The maximum Gasteiger partial charge on any atom is 0.306 e. The Hall–Kier alpha value is -2.61. The Labute approximate surface area is 277 Å². The fraction of sp³-hybridized carbons (Fsp3) is 0.743. The number of carbonyl (C=O) groups excluding carboxylic acids is 2. The van der Waals surface area contributed by atoms with Crippen molar-refractivity contribution in [2.45, 2.75) is 109 Å². The number of hydrogen-bond acceptors (Lipinski definition) is 11. The number of esters is 2. The van der Waals surface area contributed by atoms with Crippen molar-refractivity contribution in [2.24, 2.45) is 36.6 Å². The molecule has 47 heavy (non-hydrogen) atoms. The molecule has 2 N–H and O–H groups in total. The average Bonchev–Trinajstić information content (AvgIpc) is 3.61. The summed E-state index contributed by atoms with van der Waals surface area (Å²) in [6.07, 6.45) is 7.45. The van der Waals surface area contributed by atoms with Gasteiger partial charge in [-0.2, -0.15) is 0 Å². The van der Waals surface area contributed by atoms with E-state index in [-0.39, 0.29) is 37.4 Å². The molecule has 1 aliphatic carbocycles. The highest BCUT2D eigenvalue weighted by Gasteiger charge is 2.54. The Kier molecular flexibility index (Phi) is 11.0. The molecule has 0 radical (unpaired) electrons. The van der Waals surface area contributed by atoms with E-state index in [1.54, 1.807) is 13.4 Å². The highest BCUT2D eigenvalue weighted by atomic mass is 16.7. The summed E-state index contributed by atoms with van der Waals surface area (Å²) < 4.78 is 38.4. The van der Waals surface area contributed by atoms with Gasteiger partial charge < -0.3 is 43.2 Å². The molecule has 4 heterocycles. The number of rotatable bonds is 10. The number of allylic oxidation sites excluding steroid dienone is 1. The van der Waals surface area contributed by atoms with Crippen LogP contribution >= 0.6 is 0 Å². The van der Waals surface area contributed by atoms with E-state index < -0.39 is 48.1 Å². The fourth-order valence-corrected chi connectivity index (χ4v) is 7.82. The van der Waals surface area contributed by atoms with E-state index in [0.29, 0.717) is 36.2 Å². The number of carbonyl (C=O) groups is 2. The van der Waals surface area contributed by atoms with E-state index in [1.165, 1.54) is 6.92 Å². The van der Waals surface area contributed by atoms with E-state index >= 15 is 0 Å². The van der Waals surface area contributed by atoms with Crippen molar-refractivity contribution in [3.8, 4) is 0 Å².